The smallest absolute Gasteiger partial charge is 0.315 e. The van der Waals surface area contributed by atoms with Gasteiger partial charge in [0, 0.05) is 31.4 Å². The Kier molecular flexibility index (Phi) is 6.09. The monoisotopic (exact) mass is 417 g/mol. The summed E-state index contributed by atoms with van der Waals surface area (Å²) in [6.07, 6.45) is 2.99. The Bertz CT molecular complexity index is 858. The summed E-state index contributed by atoms with van der Waals surface area (Å²) in [7, 11) is 0. The second-order valence-corrected chi connectivity index (χ2v) is 8.60. The van der Waals surface area contributed by atoms with Crippen LogP contribution in [0.25, 0.3) is 11.1 Å². The van der Waals surface area contributed by atoms with Crippen LogP contribution in [0, 0.1) is 5.41 Å². The highest BCUT2D eigenvalue weighted by Crippen LogP contribution is 2.48. The summed E-state index contributed by atoms with van der Waals surface area (Å²) in [5.74, 6) is -1.44. The first kappa shape index (κ1) is 20.8. The normalized spacial score (nSPS) is 18.7. The maximum atomic E-state index is 13.1. The van der Waals surface area contributed by atoms with Gasteiger partial charge >= 0.3 is 6.43 Å². The lowest BCUT2D eigenvalue weighted by Gasteiger charge is -2.56. The van der Waals surface area contributed by atoms with Crippen molar-refractivity contribution in [2.24, 2.45) is 5.41 Å². The van der Waals surface area contributed by atoms with Gasteiger partial charge in [0.1, 0.15) is 6.67 Å². The van der Waals surface area contributed by atoms with Crippen LogP contribution >= 0.6 is 0 Å². The molecule has 1 N–H and O–H groups in total. The highest BCUT2D eigenvalue weighted by Gasteiger charge is 2.46. The van der Waals surface area contributed by atoms with Crippen LogP contribution in [0.2, 0.25) is 0 Å². The molecule has 1 aliphatic carbocycles. The van der Waals surface area contributed by atoms with Crippen LogP contribution in [0.1, 0.15) is 30.5 Å². The van der Waals surface area contributed by atoms with Crippen molar-refractivity contribution in [2.45, 2.75) is 44.7 Å². The van der Waals surface area contributed by atoms with E-state index in [2.05, 4.69) is 9.88 Å². The van der Waals surface area contributed by atoms with Crippen LogP contribution in [0.5, 0.6) is 0 Å². The number of carbonyl (C=O) groups is 1. The molecule has 2 heterocycles. The van der Waals surface area contributed by atoms with Crippen LogP contribution in [-0.2, 0) is 17.8 Å². The molecule has 2 aromatic rings. The molecule has 1 aliphatic heterocycles. The summed E-state index contributed by atoms with van der Waals surface area (Å²) in [5, 5.41) is 2.03. The van der Waals surface area contributed by atoms with Gasteiger partial charge in [-0.05, 0) is 41.9 Å². The van der Waals surface area contributed by atoms with Gasteiger partial charge in [0.15, 0.2) is 0 Å². The lowest BCUT2D eigenvalue weighted by Crippen LogP contribution is -2.59. The minimum Gasteiger partial charge on any atom is -0.345 e. The molecule has 1 unspecified atom stereocenters. The lowest BCUT2D eigenvalue weighted by molar-refractivity contribution is -0.132. The molecule has 1 spiro atoms. The average Bonchev–Trinajstić information content (AvgIpc) is 2.69. The molecule has 1 atom stereocenters. The zero-order valence-corrected chi connectivity index (χ0v) is 16.8. The molecule has 1 saturated heterocycles. The number of benzene rings is 1. The summed E-state index contributed by atoms with van der Waals surface area (Å²) in [5.41, 5.74) is 4.40. The predicted molar refractivity (Wildman–Crippen MR) is 109 cm³/mol. The maximum Gasteiger partial charge on any atom is 0.315 e. The predicted octanol–water partition coefficient (Wildman–Crippen LogP) is 4.00. The van der Waals surface area contributed by atoms with Gasteiger partial charge < -0.3 is 5.32 Å². The Morgan fingerprint density at radius 2 is 1.80 bits per heavy atom. The number of carbonyl (C=O) groups excluding carboxylic acids is 1. The fraction of sp³-hybridized carbons (Fsp3) is 0.478. The SMILES string of the molecule is O=C(NC(CF)Cc1ccc(-c2ccc(CN3CC4(CCC4)C3)nc2)cc1)C(F)F. The zero-order chi connectivity index (χ0) is 21.1. The summed E-state index contributed by atoms with van der Waals surface area (Å²) < 4.78 is 37.7. The Hall–Kier alpha value is -2.41. The minimum atomic E-state index is -3.14. The average molecular weight is 417 g/mol. The fourth-order valence-electron chi connectivity index (χ4n) is 4.45. The first-order valence-corrected chi connectivity index (χ1v) is 10.4. The van der Waals surface area contributed by atoms with E-state index in [0.717, 1.165) is 28.9 Å². The first-order chi connectivity index (χ1) is 14.5. The zero-order valence-electron chi connectivity index (χ0n) is 16.8. The third-order valence-corrected chi connectivity index (χ3v) is 6.24. The molecule has 2 aliphatic rings. The fourth-order valence-corrected chi connectivity index (χ4v) is 4.45. The quantitative estimate of drug-likeness (QED) is 0.706. The van der Waals surface area contributed by atoms with E-state index in [-0.39, 0.29) is 6.42 Å². The summed E-state index contributed by atoms with van der Waals surface area (Å²) >= 11 is 0. The number of alkyl halides is 3. The molecule has 1 amide bonds. The molecule has 7 heteroatoms. The number of likely N-dealkylation sites (tertiary alicyclic amines) is 1. The van der Waals surface area contributed by atoms with Gasteiger partial charge in [0.2, 0.25) is 0 Å². The molecule has 0 radical (unpaired) electrons. The van der Waals surface area contributed by atoms with Crippen molar-refractivity contribution in [2.75, 3.05) is 19.8 Å². The van der Waals surface area contributed by atoms with Crippen LogP contribution in [-0.4, -0.2) is 48.0 Å². The number of rotatable bonds is 8. The molecule has 1 aromatic carbocycles. The standard InChI is InChI=1S/C23H26F3N3O/c24-11-20(28-22(30)21(25)26)10-16-2-4-17(5-3-16)18-6-7-19(27-12-18)13-29-14-23(15-29)8-1-9-23/h2-7,12,20-21H,1,8-11,13-15H2,(H,28,30). The molecule has 1 saturated carbocycles. The third kappa shape index (κ3) is 4.67. The molecule has 160 valence electrons. The Labute approximate surface area is 174 Å². The summed E-state index contributed by atoms with van der Waals surface area (Å²) in [6, 6.07) is 10.6. The van der Waals surface area contributed by atoms with E-state index in [9.17, 15) is 18.0 Å². The van der Waals surface area contributed by atoms with Crippen LogP contribution in [0.15, 0.2) is 42.6 Å². The summed E-state index contributed by atoms with van der Waals surface area (Å²) in [6.45, 7) is 2.37. The molecule has 2 fully saturated rings. The van der Waals surface area contributed by atoms with Crippen molar-refractivity contribution in [3.8, 4) is 11.1 Å². The Morgan fingerprint density at radius 3 is 2.33 bits per heavy atom. The number of amides is 1. The van der Waals surface area contributed by atoms with E-state index < -0.39 is 25.0 Å². The molecule has 0 bridgehead atoms. The van der Waals surface area contributed by atoms with Gasteiger partial charge in [-0.15, -0.1) is 0 Å². The molecule has 30 heavy (non-hydrogen) atoms. The largest absolute Gasteiger partial charge is 0.345 e. The van der Waals surface area contributed by atoms with E-state index in [1.54, 1.807) is 0 Å². The molecule has 1 aromatic heterocycles. The van der Waals surface area contributed by atoms with E-state index in [4.69, 9.17) is 0 Å². The van der Waals surface area contributed by atoms with Crippen LogP contribution < -0.4 is 5.32 Å². The van der Waals surface area contributed by atoms with Crippen LogP contribution in [0.4, 0.5) is 13.2 Å². The van der Waals surface area contributed by atoms with Crippen molar-refractivity contribution in [3.63, 3.8) is 0 Å². The maximum absolute atomic E-state index is 13.1. The van der Waals surface area contributed by atoms with Crippen molar-refractivity contribution < 1.29 is 18.0 Å². The Morgan fingerprint density at radius 1 is 1.10 bits per heavy atom. The lowest BCUT2D eigenvalue weighted by atomic mass is 9.63. The first-order valence-electron chi connectivity index (χ1n) is 10.4. The van der Waals surface area contributed by atoms with E-state index >= 15 is 0 Å². The molecular formula is C23H26F3N3O. The van der Waals surface area contributed by atoms with Crippen molar-refractivity contribution >= 4 is 5.91 Å². The number of halogens is 3. The number of nitrogens with one attached hydrogen (secondary N) is 1. The van der Waals surface area contributed by atoms with E-state index in [1.165, 1.54) is 32.4 Å². The van der Waals surface area contributed by atoms with Gasteiger partial charge in [-0.1, -0.05) is 36.8 Å². The molecule has 4 nitrogen and oxygen atoms in total. The summed E-state index contributed by atoms with van der Waals surface area (Å²) in [4.78, 5) is 18.1. The number of hydrogen-bond acceptors (Lipinski definition) is 3. The second kappa shape index (κ2) is 8.76. The number of pyridine rings is 1. The van der Waals surface area contributed by atoms with Gasteiger partial charge in [0.25, 0.3) is 5.91 Å². The van der Waals surface area contributed by atoms with E-state index in [1.807, 2.05) is 47.9 Å². The Balaban J connectivity index is 1.31. The van der Waals surface area contributed by atoms with Gasteiger partial charge in [-0.25, -0.2) is 4.39 Å². The third-order valence-electron chi connectivity index (χ3n) is 6.24. The van der Waals surface area contributed by atoms with Crippen molar-refractivity contribution in [1.82, 2.24) is 15.2 Å². The number of aromatic nitrogens is 1. The molecular weight excluding hydrogens is 391 g/mol. The van der Waals surface area contributed by atoms with Crippen molar-refractivity contribution in [1.29, 1.82) is 0 Å². The van der Waals surface area contributed by atoms with Crippen molar-refractivity contribution in [3.05, 3.63) is 53.9 Å². The topological polar surface area (TPSA) is 45.2 Å². The van der Waals surface area contributed by atoms with Gasteiger partial charge in [0.05, 0.1) is 11.7 Å². The second-order valence-electron chi connectivity index (χ2n) is 8.60. The number of hydrogen-bond donors (Lipinski definition) is 1. The van der Waals surface area contributed by atoms with Gasteiger partial charge in [-0.2, -0.15) is 8.78 Å². The van der Waals surface area contributed by atoms with Crippen LogP contribution in [0.3, 0.4) is 0 Å². The molecule has 4 rings (SSSR count). The highest BCUT2D eigenvalue weighted by molar-refractivity contribution is 5.79. The van der Waals surface area contributed by atoms with Gasteiger partial charge in [-0.3, -0.25) is 14.7 Å². The minimum absolute atomic E-state index is 0.157. The van der Waals surface area contributed by atoms with E-state index in [0.29, 0.717) is 5.41 Å². The highest BCUT2D eigenvalue weighted by atomic mass is 19.3. The number of nitrogens with zero attached hydrogens (tertiary/aromatic N) is 2.